The molecule has 24 heavy (non-hydrogen) atoms. The number of carboxylic acids is 1. The summed E-state index contributed by atoms with van der Waals surface area (Å²) in [7, 11) is -4.08. The minimum atomic E-state index is -4.08. The number of aromatic nitrogens is 1. The fourth-order valence-corrected chi connectivity index (χ4v) is 3.59. The summed E-state index contributed by atoms with van der Waals surface area (Å²) in [5.74, 6) is -2.21. The maximum atomic E-state index is 13.2. The molecule has 122 valence electrons. The van der Waals surface area contributed by atoms with Crippen molar-refractivity contribution >= 4 is 32.6 Å². The van der Waals surface area contributed by atoms with E-state index in [0.717, 1.165) is 18.2 Å². The maximum Gasteiger partial charge on any atom is 0.337 e. The molecule has 1 heterocycles. The van der Waals surface area contributed by atoms with Gasteiger partial charge in [0.05, 0.1) is 21.7 Å². The molecule has 3 aromatic rings. The van der Waals surface area contributed by atoms with Crippen molar-refractivity contribution in [3.05, 3.63) is 66.1 Å². The summed E-state index contributed by atoms with van der Waals surface area (Å²) in [5.41, 5.74) is -0.209. The van der Waals surface area contributed by atoms with Gasteiger partial charge in [-0.2, -0.15) is 0 Å². The summed E-state index contributed by atoms with van der Waals surface area (Å²) < 4.78 is 40.7. The lowest BCUT2D eigenvalue weighted by molar-refractivity contribution is 0.0697. The second-order valence-electron chi connectivity index (χ2n) is 4.93. The lowest BCUT2D eigenvalue weighted by atomic mass is 10.2. The van der Waals surface area contributed by atoms with Crippen molar-refractivity contribution in [1.82, 2.24) is 4.98 Å². The third kappa shape index (κ3) is 2.91. The molecule has 0 radical (unpaired) electrons. The van der Waals surface area contributed by atoms with Gasteiger partial charge in [-0.25, -0.2) is 17.6 Å². The molecule has 0 bridgehead atoms. The molecule has 0 unspecified atom stereocenters. The van der Waals surface area contributed by atoms with Gasteiger partial charge >= 0.3 is 5.97 Å². The first kappa shape index (κ1) is 15.9. The third-order valence-electron chi connectivity index (χ3n) is 3.35. The zero-order valence-corrected chi connectivity index (χ0v) is 12.9. The minimum Gasteiger partial charge on any atom is -0.478 e. The molecule has 2 N–H and O–H groups in total. The van der Waals surface area contributed by atoms with Crippen LogP contribution in [-0.2, 0) is 10.0 Å². The van der Waals surface area contributed by atoms with Crippen LogP contribution in [0.5, 0.6) is 0 Å². The molecule has 0 saturated carbocycles. The Hall–Kier alpha value is -3.00. The fraction of sp³-hybridized carbons (Fsp3) is 0. The van der Waals surface area contributed by atoms with E-state index < -0.39 is 27.4 Å². The average Bonchev–Trinajstić information content (AvgIpc) is 2.55. The normalized spacial score (nSPS) is 11.4. The Morgan fingerprint density at radius 3 is 2.67 bits per heavy atom. The van der Waals surface area contributed by atoms with Crippen molar-refractivity contribution in [2.45, 2.75) is 4.90 Å². The van der Waals surface area contributed by atoms with Crippen molar-refractivity contribution in [3.8, 4) is 0 Å². The standard InChI is InChI=1S/C16H11FN2O4S/c17-10-6-7-14(12(9-10)16(20)21)19-24(22,23)15-5-1-4-13-11(15)3-2-8-18-13/h1-9,19H,(H,20,21). The number of aromatic carboxylic acids is 1. The van der Waals surface area contributed by atoms with Crippen LogP contribution in [0.2, 0.25) is 0 Å². The lowest BCUT2D eigenvalue weighted by Crippen LogP contribution is -2.16. The number of carboxylic acid groups (broad SMARTS) is 1. The number of rotatable bonds is 4. The Labute approximate surface area is 136 Å². The van der Waals surface area contributed by atoms with Crippen LogP contribution in [0.4, 0.5) is 10.1 Å². The average molecular weight is 346 g/mol. The monoisotopic (exact) mass is 346 g/mol. The van der Waals surface area contributed by atoms with Gasteiger partial charge in [0.25, 0.3) is 10.0 Å². The van der Waals surface area contributed by atoms with Gasteiger partial charge in [0.1, 0.15) is 5.82 Å². The van der Waals surface area contributed by atoms with E-state index >= 15 is 0 Å². The molecule has 0 aliphatic rings. The molecule has 2 aromatic carbocycles. The maximum absolute atomic E-state index is 13.2. The van der Waals surface area contributed by atoms with Gasteiger partial charge in [0, 0.05) is 11.6 Å². The first-order valence-electron chi connectivity index (χ1n) is 6.78. The quantitative estimate of drug-likeness (QED) is 0.757. The summed E-state index contributed by atoms with van der Waals surface area (Å²) >= 11 is 0. The van der Waals surface area contributed by atoms with Gasteiger partial charge < -0.3 is 5.11 Å². The van der Waals surface area contributed by atoms with E-state index in [0.29, 0.717) is 10.9 Å². The van der Waals surface area contributed by atoms with Crippen LogP contribution in [0.15, 0.2) is 59.6 Å². The Morgan fingerprint density at radius 2 is 1.92 bits per heavy atom. The van der Waals surface area contributed by atoms with Crippen LogP contribution < -0.4 is 4.72 Å². The zero-order chi connectivity index (χ0) is 17.3. The molecule has 0 spiro atoms. The highest BCUT2D eigenvalue weighted by atomic mass is 32.2. The summed E-state index contributed by atoms with van der Waals surface area (Å²) in [5, 5.41) is 9.51. The molecule has 3 rings (SSSR count). The van der Waals surface area contributed by atoms with Crippen molar-refractivity contribution in [1.29, 1.82) is 0 Å². The molecule has 6 nitrogen and oxygen atoms in total. The summed E-state index contributed by atoms with van der Waals surface area (Å²) in [4.78, 5) is 15.2. The van der Waals surface area contributed by atoms with Gasteiger partial charge in [0.2, 0.25) is 0 Å². The molecule has 0 saturated heterocycles. The fourth-order valence-electron chi connectivity index (χ4n) is 2.29. The predicted molar refractivity (Wildman–Crippen MR) is 85.9 cm³/mol. The van der Waals surface area contributed by atoms with Gasteiger partial charge in [-0.15, -0.1) is 0 Å². The number of sulfonamides is 1. The molecule has 0 aliphatic carbocycles. The van der Waals surface area contributed by atoms with Crippen LogP contribution in [0, 0.1) is 5.82 Å². The van der Waals surface area contributed by atoms with Crippen LogP contribution in [0.3, 0.4) is 0 Å². The number of anilines is 1. The molecule has 0 fully saturated rings. The Morgan fingerprint density at radius 1 is 1.12 bits per heavy atom. The summed E-state index contributed by atoms with van der Waals surface area (Å²) in [6.45, 7) is 0. The Balaban J connectivity index is 2.11. The second kappa shape index (κ2) is 5.89. The van der Waals surface area contributed by atoms with Crippen LogP contribution in [-0.4, -0.2) is 24.5 Å². The first-order chi connectivity index (χ1) is 11.4. The second-order valence-corrected chi connectivity index (χ2v) is 6.58. The van der Waals surface area contributed by atoms with Gasteiger partial charge in [-0.05, 0) is 42.5 Å². The van der Waals surface area contributed by atoms with Crippen LogP contribution in [0.25, 0.3) is 10.9 Å². The lowest BCUT2D eigenvalue weighted by Gasteiger charge is -2.12. The molecule has 8 heteroatoms. The van der Waals surface area contributed by atoms with Crippen LogP contribution in [0.1, 0.15) is 10.4 Å². The number of fused-ring (bicyclic) bond motifs is 1. The highest BCUT2D eigenvalue weighted by Gasteiger charge is 2.21. The van der Waals surface area contributed by atoms with E-state index in [-0.39, 0.29) is 10.6 Å². The third-order valence-corrected chi connectivity index (χ3v) is 4.78. The van der Waals surface area contributed by atoms with Crippen molar-refractivity contribution < 1.29 is 22.7 Å². The molecule has 1 aromatic heterocycles. The Bertz CT molecular complexity index is 1050. The highest BCUT2D eigenvalue weighted by molar-refractivity contribution is 7.93. The molecule has 0 aliphatic heterocycles. The number of nitrogens with one attached hydrogen (secondary N) is 1. The number of hydrogen-bond donors (Lipinski definition) is 2. The number of benzene rings is 2. The topological polar surface area (TPSA) is 96.4 Å². The Kier molecular flexibility index (Phi) is 3.90. The van der Waals surface area contributed by atoms with Crippen LogP contribution >= 0.6 is 0 Å². The van der Waals surface area contributed by atoms with Crippen molar-refractivity contribution in [2.75, 3.05) is 4.72 Å². The van der Waals surface area contributed by atoms with E-state index in [1.807, 2.05) is 0 Å². The highest BCUT2D eigenvalue weighted by Crippen LogP contribution is 2.25. The van der Waals surface area contributed by atoms with Gasteiger partial charge in [-0.3, -0.25) is 9.71 Å². The number of pyridine rings is 1. The molecular formula is C16H11FN2O4S. The summed E-state index contributed by atoms with van der Waals surface area (Å²) in [6, 6.07) is 10.6. The van der Waals surface area contributed by atoms with Crippen molar-refractivity contribution in [2.24, 2.45) is 0 Å². The minimum absolute atomic E-state index is 0.0474. The smallest absolute Gasteiger partial charge is 0.337 e. The van der Waals surface area contributed by atoms with Crippen molar-refractivity contribution in [3.63, 3.8) is 0 Å². The number of halogens is 1. The van der Waals surface area contributed by atoms with Gasteiger partial charge in [-0.1, -0.05) is 6.07 Å². The number of hydrogen-bond acceptors (Lipinski definition) is 4. The largest absolute Gasteiger partial charge is 0.478 e. The van der Waals surface area contributed by atoms with Gasteiger partial charge in [0.15, 0.2) is 0 Å². The van der Waals surface area contributed by atoms with E-state index in [2.05, 4.69) is 9.71 Å². The van der Waals surface area contributed by atoms with E-state index in [4.69, 9.17) is 5.11 Å². The molecule has 0 amide bonds. The molecular weight excluding hydrogens is 335 g/mol. The SMILES string of the molecule is O=C(O)c1cc(F)ccc1NS(=O)(=O)c1cccc2ncccc12. The summed E-state index contributed by atoms with van der Waals surface area (Å²) in [6.07, 6.45) is 1.54. The molecule has 0 atom stereocenters. The van der Waals surface area contributed by atoms with E-state index in [1.54, 1.807) is 18.2 Å². The number of carbonyl (C=O) groups is 1. The van der Waals surface area contributed by atoms with E-state index in [9.17, 15) is 17.6 Å². The van der Waals surface area contributed by atoms with E-state index in [1.165, 1.54) is 18.3 Å². The number of nitrogens with zero attached hydrogens (tertiary/aromatic N) is 1. The predicted octanol–water partition coefficient (Wildman–Crippen LogP) is 2.87. The first-order valence-corrected chi connectivity index (χ1v) is 8.26. The zero-order valence-electron chi connectivity index (χ0n) is 12.1.